The molecule has 3 fully saturated rings. The van der Waals surface area contributed by atoms with E-state index in [-0.39, 0.29) is 24.4 Å². The molecule has 122 valence electrons. The van der Waals surface area contributed by atoms with Gasteiger partial charge in [-0.25, -0.2) is 4.79 Å². The molecule has 2 bridgehead atoms. The Kier molecular flexibility index (Phi) is 3.63. The van der Waals surface area contributed by atoms with Crippen LogP contribution in [0.3, 0.4) is 0 Å². The van der Waals surface area contributed by atoms with Crippen LogP contribution in [0.25, 0.3) is 0 Å². The second kappa shape index (κ2) is 5.22. The molecular weight excluding hydrogens is 284 g/mol. The summed E-state index contributed by atoms with van der Waals surface area (Å²) >= 11 is 0. The zero-order chi connectivity index (χ0) is 16.1. The third kappa shape index (κ3) is 2.58. The molecule has 0 aliphatic carbocycles. The highest BCUT2D eigenvalue weighted by molar-refractivity contribution is 6.08. The summed E-state index contributed by atoms with van der Waals surface area (Å²) in [5.74, 6) is -0.517. The van der Waals surface area contributed by atoms with E-state index in [2.05, 4.69) is 10.6 Å². The molecule has 0 saturated carbocycles. The van der Waals surface area contributed by atoms with Crippen LogP contribution in [0.2, 0.25) is 0 Å². The van der Waals surface area contributed by atoms with Gasteiger partial charge in [0.1, 0.15) is 12.1 Å². The summed E-state index contributed by atoms with van der Waals surface area (Å²) in [4.78, 5) is 39.2. The van der Waals surface area contributed by atoms with E-state index < -0.39 is 11.6 Å². The van der Waals surface area contributed by atoms with Crippen LogP contribution in [0, 0.1) is 0 Å². The van der Waals surface area contributed by atoms with E-state index in [1.54, 1.807) is 25.8 Å². The van der Waals surface area contributed by atoms with Crippen molar-refractivity contribution < 1.29 is 14.4 Å². The molecule has 0 aromatic heterocycles. The van der Waals surface area contributed by atoms with Gasteiger partial charge in [-0.3, -0.25) is 14.5 Å². The lowest BCUT2D eigenvalue weighted by molar-refractivity contribution is -0.139. The summed E-state index contributed by atoms with van der Waals surface area (Å²) in [6.45, 7) is 3.11. The Morgan fingerprint density at radius 2 is 1.86 bits per heavy atom. The Hall–Kier alpha value is -1.63. The fourth-order valence-corrected chi connectivity index (χ4v) is 3.76. The first kappa shape index (κ1) is 15.3. The number of likely N-dealkylation sites (N-methyl/N-ethyl adjacent to an activating group) is 1. The molecule has 0 aromatic carbocycles. The van der Waals surface area contributed by atoms with Gasteiger partial charge in [0.15, 0.2) is 0 Å². The summed E-state index contributed by atoms with van der Waals surface area (Å²) in [5.41, 5.74) is -0.927. The van der Waals surface area contributed by atoms with Crippen LogP contribution in [0.5, 0.6) is 0 Å². The molecule has 3 aliphatic rings. The standard InChI is InChI=1S/C15H24N4O3/c1-15(2)13(21)19(14(22)17-15)8-12(20)18(3)11-6-9-4-5-10(7-11)16-9/h9-11,16H,4-8H2,1-3H3,(H,17,22). The maximum absolute atomic E-state index is 12.5. The van der Waals surface area contributed by atoms with Gasteiger partial charge in [-0.2, -0.15) is 0 Å². The predicted molar refractivity (Wildman–Crippen MR) is 80.1 cm³/mol. The van der Waals surface area contributed by atoms with E-state index in [1.165, 1.54) is 12.8 Å². The van der Waals surface area contributed by atoms with E-state index in [4.69, 9.17) is 0 Å². The second-order valence-corrected chi connectivity index (χ2v) is 7.21. The van der Waals surface area contributed by atoms with Gasteiger partial charge < -0.3 is 15.5 Å². The molecule has 22 heavy (non-hydrogen) atoms. The van der Waals surface area contributed by atoms with Crippen LogP contribution in [-0.2, 0) is 9.59 Å². The number of hydrogen-bond acceptors (Lipinski definition) is 4. The van der Waals surface area contributed by atoms with E-state index in [9.17, 15) is 14.4 Å². The Morgan fingerprint density at radius 3 is 2.36 bits per heavy atom. The fraction of sp³-hybridized carbons (Fsp3) is 0.800. The quantitative estimate of drug-likeness (QED) is 0.722. The third-order valence-corrected chi connectivity index (χ3v) is 5.13. The summed E-state index contributed by atoms with van der Waals surface area (Å²) in [6.07, 6.45) is 4.24. The van der Waals surface area contributed by atoms with Crippen LogP contribution < -0.4 is 10.6 Å². The molecule has 4 amide bonds. The zero-order valence-electron chi connectivity index (χ0n) is 13.4. The number of urea groups is 1. The van der Waals surface area contributed by atoms with Crippen LogP contribution >= 0.6 is 0 Å². The molecule has 0 radical (unpaired) electrons. The van der Waals surface area contributed by atoms with Gasteiger partial charge in [0, 0.05) is 25.2 Å². The summed E-state index contributed by atoms with van der Waals surface area (Å²) in [6, 6.07) is 0.700. The number of hydrogen-bond donors (Lipinski definition) is 2. The van der Waals surface area contributed by atoms with Crippen molar-refractivity contribution >= 4 is 17.8 Å². The molecule has 3 rings (SSSR count). The first-order chi connectivity index (χ1) is 10.3. The van der Waals surface area contributed by atoms with E-state index >= 15 is 0 Å². The number of fused-ring (bicyclic) bond motifs is 2. The lowest BCUT2D eigenvalue weighted by Crippen LogP contribution is -2.51. The molecule has 7 nitrogen and oxygen atoms in total. The Morgan fingerprint density at radius 1 is 1.27 bits per heavy atom. The Bertz CT molecular complexity index is 507. The summed E-state index contributed by atoms with van der Waals surface area (Å²) in [5, 5.41) is 6.14. The molecule has 0 aromatic rings. The Balaban J connectivity index is 1.62. The topological polar surface area (TPSA) is 81.8 Å². The van der Waals surface area contributed by atoms with Crippen LogP contribution in [-0.4, -0.2) is 64.9 Å². The normalized spacial score (nSPS) is 33.0. The molecule has 0 spiro atoms. The van der Waals surface area contributed by atoms with Crippen molar-refractivity contribution in [1.82, 2.24) is 20.4 Å². The molecule has 7 heteroatoms. The maximum atomic E-state index is 12.5. The van der Waals surface area contributed by atoms with Crippen LogP contribution in [0.15, 0.2) is 0 Å². The number of nitrogens with one attached hydrogen (secondary N) is 2. The van der Waals surface area contributed by atoms with Crippen LogP contribution in [0.1, 0.15) is 39.5 Å². The van der Waals surface area contributed by atoms with Crippen LogP contribution in [0.4, 0.5) is 4.79 Å². The van der Waals surface area contributed by atoms with Gasteiger partial charge in [-0.05, 0) is 39.5 Å². The smallest absolute Gasteiger partial charge is 0.325 e. The van der Waals surface area contributed by atoms with Crippen molar-refractivity contribution in [2.24, 2.45) is 0 Å². The number of rotatable bonds is 3. The third-order valence-electron chi connectivity index (χ3n) is 5.13. The van der Waals surface area contributed by atoms with Crippen molar-refractivity contribution in [3.05, 3.63) is 0 Å². The first-order valence-corrected chi connectivity index (χ1v) is 7.94. The fourth-order valence-electron chi connectivity index (χ4n) is 3.76. The predicted octanol–water partition coefficient (Wildman–Crippen LogP) is 0.0582. The number of imide groups is 1. The lowest BCUT2D eigenvalue weighted by atomic mass is 9.98. The Labute approximate surface area is 130 Å². The molecule has 2 N–H and O–H groups in total. The first-order valence-electron chi connectivity index (χ1n) is 7.94. The van der Waals surface area contributed by atoms with Crippen molar-refractivity contribution in [2.45, 2.75) is 63.2 Å². The average Bonchev–Trinajstić information content (AvgIpc) is 2.88. The minimum atomic E-state index is -0.927. The molecule has 2 atom stereocenters. The number of nitrogens with zero attached hydrogens (tertiary/aromatic N) is 2. The molecular formula is C15H24N4O3. The molecule has 2 unspecified atom stereocenters. The van der Waals surface area contributed by atoms with Gasteiger partial charge in [0.05, 0.1) is 0 Å². The number of piperidine rings is 1. The van der Waals surface area contributed by atoms with Gasteiger partial charge >= 0.3 is 6.03 Å². The van der Waals surface area contributed by atoms with Gasteiger partial charge in [-0.15, -0.1) is 0 Å². The van der Waals surface area contributed by atoms with E-state index in [0.29, 0.717) is 12.1 Å². The van der Waals surface area contributed by atoms with E-state index in [1.807, 2.05) is 0 Å². The van der Waals surface area contributed by atoms with Crippen molar-refractivity contribution in [3.63, 3.8) is 0 Å². The highest BCUT2D eigenvalue weighted by Gasteiger charge is 2.45. The number of carbonyl (C=O) groups is 3. The van der Waals surface area contributed by atoms with Crippen molar-refractivity contribution in [3.8, 4) is 0 Å². The highest BCUT2D eigenvalue weighted by atomic mass is 16.2. The molecule has 3 heterocycles. The minimum absolute atomic E-state index is 0.174. The molecule has 3 saturated heterocycles. The monoisotopic (exact) mass is 308 g/mol. The summed E-state index contributed by atoms with van der Waals surface area (Å²) < 4.78 is 0. The number of carbonyl (C=O) groups excluding carboxylic acids is 3. The summed E-state index contributed by atoms with van der Waals surface area (Å²) in [7, 11) is 1.78. The maximum Gasteiger partial charge on any atom is 0.325 e. The van der Waals surface area contributed by atoms with Gasteiger partial charge in [0.2, 0.25) is 5.91 Å². The zero-order valence-corrected chi connectivity index (χ0v) is 13.4. The second-order valence-electron chi connectivity index (χ2n) is 7.21. The highest BCUT2D eigenvalue weighted by Crippen LogP contribution is 2.29. The van der Waals surface area contributed by atoms with E-state index in [0.717, 1.165) is 17.7 Å². The SMILES string of the molecule is CN(C(=O)CN1C(=O)NC(C)(C)C1=O)C1CC2CCC(C1)N2. The van der Waals surface area contributed by atoms with Crippen molar-refractivity contribution in [2.75, 3.05) is 13.6 Å². The minimum Gasteiger partial charge on any atom is -0.341 e. The van der Waals surface area contributed by atoms with Crippen molar-refractivity contribution in [1.29, 1.82) is 0 Å². The van der Waals surface area contributed by atoms with Gasteiger partial charge in [0.25, 0.3) is 5.91 Å². The largest absolute Gasteiger partial charge is 0.341 e. The van der Waals surface area contributed by atoms with Gasteiger partial charge in [-0.1, -0.05) is 0 Å². The number of amides is 4. The average molecular weight is 308 g/mol. The molecule has 3 aliphatic heterocycles. The lowest BCUT2D eigenvalue weighted by Gasteiger charge is -2.36.